The van der Waals surface area contributed by atoms with Crippen LogP contribution in [0.5, 0.6) is 0 Å². The second kappa shape index (κ2) is 6.30. The first-order valence-electron chi connectivity index (χ1n) is 7.93. The van der Waals surface area contributed by atoms with Crippen molar-refractivity contribution in [2.24, 2.45) is 10.2 Å². The van der Waals surface area contributed by atoms with Crippen molar-refractivity contribution >= 4 is 5.91 Å². The quantitative estimate of drug-likeness (QED) is 0.759. The summed E-state index contributed by atoms with van der Waals surface area (Å²) in [6.45, 7) is 0.530. The standard InChI is InChI=1S/C16H21N5O/c1-2-3-8-16(20-21-16)9-10-17-15(22)14-11-13(18-19-14)12-6-4-5-7-12/h1,11-12H,3-10H2,(H,17,22)(H,18,19). The van der Waals surface area contributed by atoms with Crippen molar-refractivity contribution in [3.05, 3.63) is 17.5 Å². The van der Waals surface area contributed by atoms with Gasteiger partial charge >= 0.3 is 0 Å². The van der Waals surface area contributed by atoms with Crippen LogP contribution >= 0.6 is 0 Å². The molecule has 0 spiro atoms. The Labute approximate surface area is 130 Å². The summed E-state index contributed by atoms with van der Waals surface area (Å²) in [6.07, 6.45) is 12.3. The summed E-state index contributed by atoms with van der Waals surface area (Å²) in [5.74, 6) is 2.98. The summed E-state index contributed by atoms with van der Waals surface area (Å²) >= 11 is 0. The van der Waals surface area contributed by atoms with E-state index >= 15 is 0 Å². The summed E-state index contributed by atoms with van der Waals surface area (Å²) in [5, 5.41) is 18.1. The summed E-state index contributed by atoms with van der Waals surface area (Å²) in [7, 11) is 0. The predicted octanol–water partition coefficient (Wildman–Crippen LogP) is 2.76. The number of amides is 1. The molecule has 0 bridgehead atoms. The Morgan fingerprint density at radius 1 is 1.41 bits per heavy atom. The maximum Gasteiger partial charge on any atom is 0.271 e. The van der Waals surface area contributed by atoms with E-state index in [4.69, 9.17) is 6.42 Å². The molecule has 22 heavy (non-hydrogen) atoms. The van der Waals surface area contributed by atoms with E-state index in [2.05, 4.69) is 31.7 Å². The average molecular weight is 299 g/mol. The van der Waals surface area contributed by atoms with Gasteiger partial charge in [-0.2, -0.15) is 15.3 Å². The Balaban J connectivity index is 1.45. The molecule has 0 atom stereocenters. The minimum atomic E-state index is -0.347. The van der Waals surface area contributed by atoms with Crippen molar-refractivity contribution < 1.29 is 4.79 Å². The summed E-state index contributed by atoms with van der Waals surface area (Å²) in [5.41, 5.74) is 1.20. The first kappa shape index (κ1) is 14.8. The van der Waals surface area contributed by atoms with Crippen LogP contribution in [-0.4, -0.2) is 28.3 Å². The lowest BCUT2D eigenvalue weighted by Crippen LogP contribution is -2.28. The molecule has 2 N–H and O–H groups in total. The van der Waals surface area contributed by atoms with E-state index in [9.17, 15) is 4.79 Å². The van der Waals surface area contributed by atoms with Gasteiger partial charge in [-0.25, -0.2) is 0 Å². The molecular formula is C16H21N5O. The number of carbonyl (C=O) groups excluding carboxylic acids is 1. The van der Waals surface area contributed by atoms with Crippen LogP contribution in [-0.2, 0) is 0 Å². The Morgan fingerprint density at radius 2 is 2.18 bits per heavy atom. The number of terminal acetylenes is 1. The third kappa shape index (κ3) is 3.35. The molecule has 0 radical (unpaired) electrons. The lowest BCUT2D eigenvalue weighted by Gasteiger charge is -2.08. The molecule has 1 aliphatic heterocycles. The molecule has 6 nitrogen and oxygen atoms in total. The van der Waals surface area contributed by atoms with E-state index in [1.165, 1.54) is 25.7 Å². The highest BCUT2D eigenvalue weighted by molar-refractivity contribution is 5.92. The monoisotopic (exact) mass is 299 g/mol. The lowest BCUT2D eigenvalue weighted by molar-refractivity contribution is 0.0947. The van der Waals surface area contributed by atoms with Crippen molar-refractivity contribution in [3.63, 3.8) is 0 Å². The van der Waals surface area contributed by atoms with Gasteiger partial charge in [0, 0.05) is 37.4 Å². The topological polar surface area (TPSA) is 82.5 Å². The number of aromatic amines is 1. The van der Waals surface area contributed by atoms with E-state index in [1.54, 1.807) is 0 Å². The smallest absolute Gasteiger partial charge is 0.271 e. The van der Waals surface area contributed by atoms with Gasteiger partial charge in [-0.1, -0.05) is 12.8 Å². The summed E-state index contributed by atoms with van der Waals surface area (Å²) in [6, 6.07) is 1.88. The van der Waals surface area contributed by atoms with Crippen LogP contribution in [0.25, 0.3) is 0 Å². The van der Waals surface area contributed by atoms with Crippen LogP contribution in [0.2, 0.25) is 0 Å². The largest absolute Gasteiger partial charge is 0.350 e. The minimum absolute atomic E-state index is 0.145. The van der Waals surface area contributed by atoms with Gasteiger partial charge in [-0.3, -0.25) is 9.89 Å². The number of nitrogens with zero attached hydrogens (tertiary/aromatic N) is 3. The molecule has 0 aromatic carbocycles. The van der Waals surface area contributed by atoms with Gasteiger partial charge in [0.1, 0.15) is 5.69 Å². The molecule has 1 aliphatic carbocycles. The minimum Gasteiger partial charge on any atom is -0.350 e. The van der Waals surface area contributed by atoms with Gasteiger partial charge in [0.05, 0.1) is 0 Å². The Morgan fingerprint density at radius 3 is 2.86 bits per heavy atom. The number of rotatable bonds is 7. The SMILES string of the molecule is C#CCCC1(CCNC(=O)c2cc(C3CCCC3)[nH]n2)N=N1. The highest BCUT2D eigenvalue weighted by Crippen LogP contribution is 2.36. The van der Waals surface area contributed by atoms with Crippen molar-refractivity contribution in [1.82, 2.24) is 15.5 Å². The zero-order valence-electron chi connectivity index (χ0n) is 12.6. The van der Waals surface area contributed by atoms with Crippen LogP contribution < -0.4 is 5.32 Å². The number of hydrogen-bond acceptors (Lipinski definition) is 4. The van der Waals surface area contributed by atoms with Gasteiger partial charge < -0.3 is 5.32 Å². The maximum absolute atomic E-state index is 12.1. The summed E-state index contributed by atoms with van der Waals surface area (Å²) in [4.78, 5) is 12.1. The zero-order valence-corrected chi connectivity index (χ0v) is 12.6. The van der Waals surface area contributed by atoms with E-state index in [-0.39, 0.29) is 11.6 Å². The fraction of sp³-hybridized carbons (Fsp3) is 0.625. The van der Waals surface area contributed by atoms with Gasteiger partial charge in [0.15, 0.2) is 5.66 Å². The number of carbonyl (C=O) groups is 1. The first-order chi connectivity index (χ1) is 10.7. The van der Waals surface area contributed by atoms with Crippen LogP contribution in [0.4, 0.5) is 0 Å². The molecule has 0 saturated heterocycles. The number of nitrogens with one attached hydrogen (secondary N) is 2. The van der Waals surface area contributed by atoms with E-state index in [0.29, 0.717) is 31.0 Å². The Kier molecular flexibility index (Phi) is 4.23. The third-order valence-corrected chi connectivity index (χ3v) is 4.49. The number of H-pyrrole nitrogens is 1. The molecule has 1 aromatic heterocycles. The normalized spacial score (nSPS) is 19.0. The summed E-state index contributed by atoms with van der Waals surface area (Å²) < 4.78 is 0. The molecule has 1 saturated carbocycles. The molecule has 0 unspecified atom stereocenters. The number of aromatic nitrogens is 2. The fourth-order valence-electron chi connectivity index (χ4n) is 3.03. The van der Waals surface area contributed by atoms with Gasteiger partial charge in [0.2, 0.25) is 0 Å². The highest BCUT2D eigenvalue weighted by atomic mass is 16.1. The maximum atomic E-state index is 12.1. The van der Waals surface area contributed by atoms with Crippen LogP contribution in [0.1, 0.15) is 67.0 Å². The van der Waals surface area contributed by atoms with Crippen LogP contribution in [0.15, 0.2) is 16.3 Å². The van der Waals surface area contributed by atoms with Crippen molar-refractivity contribution in [1.29, 1.82) is 0 Å². The third-order valence-electron chi connectivity index (χ3n) is 4.49. The molecule has 1 amide bonds. The molecule has 1 fully saturated rings. The Bertz CT molecular complexity index is 600. The molecule has 1 aromatic rings. The second-order valence-electron chi connectivity index (χ2n) is 6.08. The van der Waals surface area contributed by atoms with Gasteiger partial charge in [0.25, 0.3) is 5.91 Å². The van der Waals surface area contributed by atoms with E-state index in [1.807, 2.05) is 6.07 Å². The van der Waals surface area contributed by atoms with Crippen molar-refractivity contribution in [2.45, 2.75) is 56.5 Å². The van der Waals surface area contributed by atoms with Crippen molar-refractivity contribution in [2.75, 3.05) is 6.54 Å². The molecule has 2 aliphatic rings. The van der Waals surface area contributed by atoms with E-state index < -0.39 is 0 Å². The zero-order chi connectivity index (χ0) is 15.4. The van der Waals surface area contributed by atoms with Crippen LogP contribution in [0, 0.1) is 12.3 Å². The lowest BCUT2D eigenvalue weighted by atomic mass is 10.0. The molecule has 2 heterocycles. The van der Waals surface area contributed by atoms with Gasteiger partial charge in [-0.15, -0.1) is 12.3 Å². The van der Waals surface area contributed by atoms with Crippen LogP contribution in [0.3, 0.4) is 0 Å². The predicted molar refractivity (Wildman–Crippen MR) is 82.4 cm³/mol. The highest BCUT2D eigenvalue weighted by Gasteiger charge is 2.38. The second-order valence-corrected chi connectivity index (χ2v) is 6.08. The molecular weight excluding hydrogens is 278 g/mol. The molecule has 3 rings (SSSR count). The average Bonchev–Trinajstić information content (AvgIpc) is 2.98. The molecule has 6 heteroatoms. The fourth-order valence-corrected chi connectivity index (χ4v) is 3.03. The van der Waals surface area contributed by atoms with Gasteiger partial charge in [-0.05, 0) is 18.9 Å². The molecule has 116 valence electrons. The Hall–Kier alpha value is -2.16. The van der Waals surface area contributed by atoms with E-state index in [0.717, 1.165) is 12.1 Å². The number of hydrogen-bond donors (Lipinski definition) is 2. The van der Waals surface area contributed by atoms with Crippen molar-refractivity contribution in [3.8, 4) is 12.3 Å². The first-order valence-corrected chi connectivity index (χ1v) is 7.93.